The van der Waals surface area contributed by atoms with Crippen LogP contribution in [0.2, 0.25) is 0 Å². The Hall–Kier alpha value is -2.22. The van der Waals surface area contributed by atoms with Gasteiger partial charge in [0.1, 0.15) is 0 Å². The Morgan fingerprint density at radius 1 is 1.23 bits per heavy atom. The van der Waals surface area contributed by atoms with E-state index in [1.807, 2.05) is 30.1 Å². The molecule has 8 heteroatoms. The minimum atomic E-state index is -2.94. The summed E-state index contributed by atoms with van der Waals surface area (Å²) >= 11 is 0. The summed E-state index contributed by atoms with van der Waals surface area (Å²) in [5.74, 6) is 1.60. The number of nitrogens with zero attached hydrogens (tertiary/aromatic N) is 5. The van der Waals surface area contributed by atoms with Gasteiger partial charge in [0.05, 0.1) is 17.7 Å². The number of hydrogen-bond donors (Lipinski definition) is 0. The lowest BCUT2D eigenvalue weighted by Crippen LogP contribution is -2.35. The fourth-order valence-corrected chi connectivity index (χ4v) is 4.88. The van der Waals surface area contributed by atoms with Crippen molar-refractivity contribution in [2.24, 2.45) is 0 Å². The molecule has 3 rings (SSSR count). The molecule has 2 aromatic rings. The van der Waals surface area contributed by atoms with Gasteiger partial charge in [0.2, 0.25) is 5.95 Å². The number of hydrogen-bond acceptors (Lipinski definition) is 7. The highest BCUT2D eigenvalue weighted by Gasteiger charge is 2.31. The topological polar surface area (TPSA) is 79.3 Å². The molecule has 1 fully saturated rings. The standard InChI is InChI=1S/C18H25N5O2S/c1-14(2)23(12-15-7-5-4-6-8-15)18-20-17(11-19-21-18)22(3)16-9-10-26(24,25)13-16/h4-8,11,14,16H,9-10,12-13H2,1-3H3. The van der Waals surface area contributed by atoms with Crippen molar-refractivity contribution in [3.05, 3.63) is 42.1 Å². The zero-order valence-electron chi connectivity index (χ0n) is 15.4. The highest BCUT2D eigenvalue weighted by Crippen LogP contribution is 2.23. The van der Waals surface area contributed by atoms with Crippen molar-refractivity contribution in [2.75, 3.05) is 28.4 Å². The summed E-state index contributed by atoms with van der Waals surface area (Å²) in [4.78, 5) is 8.66. The lowest BCUT2D eigenvalue weighted by Gasteiger charge is -2.28. The van der Waals surface area contributed by atoms with Gasteiger partial charge in [-0.3, -0.25) is 0 Å². The number of sulfone groups is 1. The fraction of sp³-hybridized carbons (Fsp3) is 0.500. The molecule has 1 saturated heterocycles. The molecule has 0 bridgehead atoms. The lowest BCUT2D eigenvalue weighted by molar-refractivity contribution is 0.600. The predicted molar refractivity (Wildman–Crippen MR) is 103 cm³/mol. The maximum atomic E-state index is 11.8. The molecule has 1 atom stereocenters. The van der Waals surface area contributed by atoms with E-state index in [9.17, 15) is 8.42 Å². The average Bonchev–Trinajstić information content (AvgIpc) is 2.99. The fourth-order valence-electron chi connectivity index (χ4n) is 3.11. The van der Waals surface area contributed by atoms with E-state index in [4.69, 9.17) is 0 Å². The van der Waals surface area contributed by atoms with Gasteiger partial charge in [-0.25, -0.2) is 8.42 Å². The second-order valence-corrected chi connectivity index (χ2v) is 9.22. The maximum absolute atomic E-state index is 11.8. The molecule has 26 heavy (non-hydrogen) atoms. The molecule has 1 aliphatic rings. The first-order valence-corrected chi connectivity index (χ1v) is 10.6. The van der Waals surface area contributed by atoms with E-state index >= 15 is 0 Å². The Labute approximate surface area is 155 Å². The van der Waals surface area contributed by atoms with Crippen molar-refractivity contribution >= 4 is 21.6 Å². The highest BCUT2D eigenvalue weighted by atomic mass is 32.2. The van der Waals surface area contributed by atoms with E-state index < -0.39 is 9.84 Å². The Morgan fingerprint density at radius 3 is 2.58 bits per heavy atom. The van der Waals surface area contributed by atoms with Gasteiger partial charge in [-0.15, -0.1) is 5.10 Å². The van der Waals surface area contributed by atoms with Gasteiger partial charge in [-0.1, -0.05) is 30.3 Å². The van der Waals surface area contributed by atoms with Crippen molar-refractivity contribution in [1.82, 2.24) is 15.2 Å². The van der Waals surface area contributed by atoms with Crippen LogP contribution in [-0.4, -0.2) is 54.2 Å². The van der Waals surface area contributed by atoms with Gasteiger partial charge in [0.25, 0.3) is 0 Å². The van der Waals surface area contributed by atoms with E-state index in [-0.39, 0.29) is 23.6 Å². The molecular weight excluding hydrogens is 350 g/mol. The molecule has 140 valence electrons. The smallest absolute Gasteiger partial charge is 0.247 e. The quantitative estimate of drug-likeness (QED) is 0.763. The van der Waals surface area contributed by atoms with Crippen molar-refractivity contribution in [3.8, 4) is 0 Å². The van der Waals surface area contributed by atoms with Gasteiger partial charge in [-0.2, -0.15) is 10.1 Å². The van der Waals surface area contributed by atoms with Crippen LogP contribution in [0.5, 0.6) is 0 Å². The first-order chi connectivity index (χ1) is 12.4. The van der Waals surface area contributed by atoms with E-state index in [2.05, 4.69) is 46.1 Å². The number of rotatable bonds is 6. The third-order valence-electron chi connectivity index (χ3n) is 4.73. The number of anilines is 2. The monoisotopic (exact) mass is 375 g/mol. The van der Waals surface area contributed by atoms with Crippen LogP contribution in [0.1, 0.15) is 25.8 Å². The zero-order valence-corrected chi connectivity index (χ0v) is 16.2. The van der Waals surface area contributed by atoms with Gasteiger partial charge in [0.15, 0.2) is 15.7 Å². The van der Waals surface area contributed by atoms with Crippen molar-refractivity contribution in [1.29, 1.82) is 0 Å². The number of benzene rings is 1. The molecule has 0 radical (unpaired) electrons. The summed E-state index contributed by atoms with van der Waals surface area (Å²) in [5, 5.41) is 8.33. The van der Waals surface area contributed by atoms with E-state index in [1.54, 1.807) is 6.20 Å². The Balaban J connectivity index is 1.82. The normalized spacial score (nSPS) is 18.8. The molecule has 0 N–H and O–H groups in total. The molecule has 2 heterocycles. The predicted octanol–water partition coefficient (Wildman–Crippen LogP) is 1.91. The SMILES string of the molecule is CC(C)N(Cc1ccccc1)c1nncc(N(C)C2CCS(=O)(=O)C2)n1. The van der Waals surface area contributed by atoms with Crippen LogP contribution < -0.4 is 9.80 Å². The Kier molecular flexibility index (Phi) is 5.41. The molecule has 1 aromatic carbocycles. The summed E-state index contributed by atoms with van der Waals surface area (Å²) in [6.07, 6.45) is 2.21. The molecule has 0 amide bonds. The molecule has 1 aliphatic heterocycles. The second kappa shape index (κ2) is 7.57. The third kappa shape index (κ3) is 4.30. The van der Waals surface area contributed by atoms with Crippen LogP contribution in [0.15, 0.2) is 36.5 Å². The Morgan fingerprint density at radius 2 is 1.96 bits per heavy atom. The minimum Gasteiger partial charge on any atom is -0.354 e. The van der Waals surface area contributed by atoms with E-state index in [0.29, 0.717) is 24.7 Å². The molecule has 1 unspecified atom stereocenters. The highest BCUT2D eigenvalue weighted by molar-refractivity contribution is 7.91. The molecular formula is C18H25N5O2S. The molecule has 1 aromatic heterocycles. The van der Waals surface area contributed by atoms with Crippen molar-refractivity contribution < 1.29 is 8.42 Å². The van der Waals surface area contributed by atoms with Gasteiger partial charge in [-0.05, 0) is 25.8 Å². The van der Waals surface area contributed by atoms with Gasteiger partial charge >= 0.3 is 0 Å². The molecule has 0 spiro atoms. The molecule has 0 aliphatic carbocycles. The van der Waals surface area contributed by atoms with Gasteiger partial charge < -0.3 is 9.80 Å². The third-order valence-corrected chi connectivity index (χ3v) is 6.48. The lowest BCUT2D eigenvalue weighted by atomic mass is 10.2. The summed E-state index contributed by atoms with van der Waals surface area (Å²) in [6, 6.07) is 10.3. The van der Waals surface area contributed by atoms with E-state index in [0.717, 1.165) is 0 Å². The van der Waals surface area contributed by atoms with Crippen LogP contribution >= 0.6 is 0 Å². The van der Waals surface area contributed by atoms with Crippen LogP contribution in [0, 0.1) is 0 Å². The van der Waals surface area contributed by atoms with Crippen LogP contribution in [0.3, 0.4) is 0 Å². The summed E-state index contributed by atoms with van der Waals surface area (Å²) in [6.45, 7) is 4.86. The van der Waals surface area contributed by atoms with Crippen molar-refractivity contribution in [3.63, 3.8) is 0 Å². The van der Waals surface area contributed by atoms with Crippen molar-refractivity contribution in [2.45, 2.75) is 38.9 Å². The summed E-state index contributed by atoms with van der Waals surface area (Å²) in [7, 11) is -1.07. The maximum Gasteiger partial charge on any atom is 0.247 e. The number of aromatic nitrogens is 3. The summed E-state index contributed by atoms with van der Waals surface area (Å²) < 4.78 is 23.5. The van der Waals surface area contributed by atoms with E-state index in [1.165, 1.54) is 5.56 Å². The minimum absolute atomic E-state index is 0.0637. The zero-order chi connectivity index (χ0) is 18.7. The van der Waals surface area contributed by atoms with Crippen LogP contribution in [0.25, 0.3) is 0 Å². The molecule has 7 nitrogen and oxygen atoms in total. The second-order valence-electron chi connectivity index (χ2n) is 6.99. The van der Waals surface area contributed by atoms with Crippen LogP contribution in [-0.2, 0) is 16.4 Å². The largest absolute Gasteiger partial charge is 0.354 e. The van der Waals surface area contributed by atoms with Crippen LogP contribution in [0.4, 0.5) is 11.8 Å². The van der Waals surface area contributed by atoms with Gasteiger partial charge in [0, 0.05) is 25.7 Å². The first kappa shape index (κ1) is 18.6. The average molecular weight is 375 g/mol. The molecule has 0 saturated carbocycles. The Bertz CT molecular complexity index is 842. The summed E-state index contributed by atoms with van der Waals surface area (Å²) in [5.41, 5.74) is 1.17. The first-order valence-electron chi connectivity index (χ1n) is 8.79.